The number of benzene rings is 1. The number of rotatable bonds is 2. The summed E-state index contributed by atoms with van der Waals surface area (Å²) in [6.07, 6.45) is 1.23. The third-order valence-electron chi connectivity index (χ3n) is 2.46. The van der Waals surface area contributed by atoms with Crippen molar-refractivity contribution in [2.24, 2.45) is 0 Å². The first-order valence-corrected chi connectivity index (χ1v) is 6.05. The van der Waals surface area contributed by atoms with Crippen LogP contribution in [0.5, 0.6) is 0 Å². The number of hydrogen-bond acceptors (Lipinski definition) is 4. The van der Waals surface area contributed by atoms with E-state index in [2.05, 4.69) is 26.2 Å². The zero-order chi connectivity index (χ0) is 13.3. The molecular weight excluding hydrogens is 298 g/mol. The van der Waals surface area contributed by atoms with Crippen molar-refractivity contribution in [2.45, 2.75) is 13.8 Å². The third-order valence-corrected chi connectivity index (χ3v) is 3.08. The van der Waals surface area contributed by atoms with Gasteiger partial charge in [-0.3, -0.25) is 4.79 Å². The Hall–Kier alpha value is -1.82. The minimum Gasteiger partial charge on any atom is -0.438 e. The number of nitrogens with zero attached hydrogens (tertiary/aromatic N) is 1. The molecule has 1 aromatic heterocycles. The molecule has 6 heteroatoms. The summed E-state index contributed by atoms with van der Waals surface area (Å²) in [5.74, 6) is -0.192. The van der Waals surface area contributed by atoms with Crippen molar-refractivity contribution in [2.75, 3.05) is 11.1 Å². The van der Waals surface area contributed by atoms with E-state index in [1.54, 1.807) is 13.0 Å². The van der Waals surface area contributed by atoms with E-state index in [9.17, 15) is 4.79 Å². The Kier molecular flexibility index (Phi) is 3.38. The zero-order valence-corrected chi connectivity index (χ0v) is 11.5. The Morgan fingerprint density at radius 3 is 2.72 bits per heavy atom. The lowest BCUT2D eigenvalue weighted by atomic mass is 10.2. The fraction of sp³-hybridized carbons (Fsp3) is 0.167. The molecule has 0 aliphatic rings. The first-order valence-electron chi connectivity index (χ1n) is 5.26. The maximum Gasteiger partial charge on any atom is 0.293 e. The van der Waals surface area contributed by atoms with Crippen LogP contribution >= 0.6 is 15.9 Å². The molecule has 0 unspecified atom stereocenters. The van der Waals surface area contributed by atoms with E-state index in [1.165, 1.54) is 6.39 Å². The van der Waals surface area contributed by atoms with E-state index in [-0.39, 0.29) is 11.7 Å². The number of aromatic nitrogens is 1. The summed E-state index contributed by atoms with van der Waals surface area (Å²) in [4.78, 5) is 15.8. The highest BCUT2D eigenvalue weighted by Gasteiger charge is 2.16. The number of carbonyl (C=O) groups excluding carboxylic acids is 1. The van der Waals surface area contributed by atoms with E-state index in [4.69, 9.17) is 10.2 Å². The molecule has 0 fully saturated rings. The van der Waals surface area contributed by atoms with Crippen molar-refractivity contribution in [1.29, 1.82) is 0 Å². The van der Waals surface area contributed by atoms with Gasteiger partial charge in [0.1, 0.15) is 0 Å². The molecule has 2 aromatic rings. The van der Waals surface area contributed by atoms with Gasteiger partial charge < -0.3 is 15.5 Å². The number of nitrogens with two attached hydrogens (primary N) is 1. The number of aryl methyl sites for hydroxylation is 2. The minimum atomic E-state index is -0.374. The van der Waals surface area contributed by atoms with Gasteiger partial charge in [0, 0.05) is 4.47 Å². The molecule has 94 valence electrons. The lowest BCUT2D eigenvalue weighted by Crippen LogP contribution is -2.14. The molecule has 0 bridgehead atoms. The summed E-state index contributed by atoms with van der Waals surface area (Å²) < 4.78 is 5.75. The van der Waals surface area contributed by atoms with Crippen LogP contribution in [0, 0.1) is 13.8 Å². The first-order chi connectivity index (χ1) is 8.49. The molecular formula is C12H12BrN3O2. The van der Waals surface area contributed by atoms with Crippen LogP contribution in [0.25, 0.3) is 0 Å². The highest BCUT2D eigenvalue weighted by atomic mass is 79.9. The predicted molar refractivity (Wildman–Crippen MR) is 72.5 cm³/mol. The standard InChI is InChI=1S/C12H12BrN3O2/c1-6-3-8(13)10(9(14)4-6)16-12(17)11-7(2)15-5-18-11/h3-5H,14H2,1-2H3,(H,16,17). The van der Waals surface area contributed by atoms with Gasteiger partial charge in [-0.2, -0.15) is 0 Å². The van der Waals surface area contributed by atoms with Crippen molar-refractivity contribution in [3.05, 3.63) is 40.0 Å². The summed E-state index contributed by atoms with van der Waals surface area (Å²) in [6.45, 7) is 3.62. The van der Waals surface area contributed by atoms with E-state index in [0.717, 1.165) is 10.0 Å². The second-order valence-corrected chi connectivity index (χ2v) is 4.79. The molecule has 0 atom stereocenters. The highest BCUT2D eigenvalue weighted by Crippen LogP contribution is 2.30. The molecule has 1 aromatic carbocycles. The molecule has 0 aliphatic heterocycles. The maximum absolute atomic E-state index is 12.0. The van der Waals surface area contributed by atoms with Crippen LogP contribution in [0.3, 0.4) is 0 Å². The van der Waals surface area contributed by atoms with E-state index in [0.29, 0.717) is 17.1 Å². The fourth-order valence-electron chi connectivity index (χ4n) is 1.59. The molecule has 1 amide bonds. The average Bonchev–Trinajstić information content (AvgIpc) is 2.69. The molecule has 1 heterocycles. The lowest BCUT2D eigenvalue weighted by Gasteiger charge is -2.10. The summed E-state index contributed by atoms with van der Waals surface area (Å²) in [5.41, 5.74) is 8.44. The molecule has 3 N–H and O–H groups in total. The van der Waals surface area contributed by atoms with Crippen LogP contribution < -0.4 is 11.1 Å². The van der Waals surface area contributed by atoms with Crippen molar-refractivity contribution >= 4 is 33.2 Å². The van der Waals surface area contributed by atoms with Crippen LogP contribution in [0.4, 0.5) is 11.4 Å². The van der Waals surface area contributed by atoms with E-state index in [1.807, 2.05) is 13.0 Å². The van der Waals surface area contributed by atoms with Crippen LogP contribution in [0.15, 0.2) is 27.4 Å². The van der Waals surface area contributed by atoms with Crippen LogP contribution in [-0.4, -0.2) is 10.9 Å². The summed E-state index contributed by atoms with van der Waals surface area (Å²) in [7, 11) is 0. The van der Waals surface area contributed by atoms with E-state index < -0.39 is 0 Å². The summed E-state index contributed by atoms with van der Waals surface area (Å²) in [5, 5.41) is 2.70. The monoisotopic (exact) mass is 309 g/mol. The predicted octanol–water partition coefficient (Wildman–Crippen LogP) is 2.89. The SMILES string of the molecule is Cc1cc(N)c(NC(=O)c2ocnc2C)c(Br)c1. The molecule has 0 aliphatic carbocycles. The highest BCUT2D eigenvalue weighted by molar-refractivity contribution is 9.10. The zero-order valence-electron chi connectivity index (χ0n) is 9.95. The smallest absolute Gasteiger partial charge is 0.293 e. The number of anilines is 2. The van der Waals surface area contributed by atoms with Gasteiger partial charge in [0.25, 0.3) is 5.91 Å². The Labute approximate surface area is 113 Å². The van der Waals surface area contributed by atoms with E-state index >= 15 is 0 Å². The number of hydrogen-bond donors (Lipinski definition) is 2. The molecule has 0 spiro atoms. The van der Waals surface area contributed by atoms with Crippen molar-refractivity contribution < 1.29 is 9.21 Å². The average molecular weight is 310 g/mol. The number of carbonyl (C=O) groups is 1. The molecule has 18 heavy (non-hydrogen) atoms. The summed E-state index contributed by atoms with van der Waals surface area (Å²) >= 11 is 3.37. The van der Waals surface area contributed by atoms with Crippen molar-refractivity contribution in [3.63, 3.8) is 0 Å². The topological polar surface area (TPSA) is 81.1 Å². The normalized spacial score (nSPS) is 10.4. The van der Waals surface area contributed by atoms with Gasteiger partial charge in [0.2, 0.25) is 5.76 Å². The third kappa shape index (κ3) is 2.38. The van der Waals surface area contributed by atoms with Crippen LogP contribution in [0.1, 0.15) is 21.8 Å². The molecule has 5 nitrogen and oxygen atoms in total. The number of oxazole rings is 1. The Morgan fingerprint density at radius 1 is 1.44 bits per heavy atom. The minimum absolute atomic E-state index is 0.182. The number of halogens is 1. The first kappa shape index (κ1) is 12.6. The number of amides is 1. The Morgan fingerprint density at radius 2 is 2.17 bits per heavy atom. The van der Waals surface area contributed by atoms with Gasteiger partial charge >= 0.3 is 0 Å². The molecule has 2 rings (SSSR count). The second kappa shape index (κ2) is 4.81. The summed E-state index contributed by atoms with van der Waals surface area (Å²) in [6, 6.07) is 3.66. The van der Waals surface area contributed by atoms with Crippen molar-refractivity contribution in [3.8, 4) is 0 Å². The second-order valence-electron chi connectivity index (χ2n) is 3.93. The van der Waals surface area contributed by atoms with Gasteiger partial charge in [0.05, 0.1) is 17.1 Å². The number of nitrogen functional groups attached to an aromatic ring is 1. The van der Waals surface area contributed by atoms with Crippen LogP contribution in [0.2, 0.25) is 0 Å². The van der Waals surface area contributed by atoms with Gasteiger partial charge in [-0.05, 0) is 47.5 Å². The largest absolute Gasteiger partial charge is 0.438 e. The molecule has 0 saturated carbocycles. The van der Waals surface area contributed by atoms with Gasteiger partial charge in [-0.1, -0.05) is 0 Å². The number of nitrogens with one attached hydrogen (secondary N) is 1. The maximum atomic E-state index is 12.0. The Balaban J connectivity index is 2.31. The quantitative estimate of drug-likeness (QED) is 0.836. The van der Waals surface area contributed by atoms with Crippen LogP contribution in [-0.2, 0) is 0 Å². The van der Waals surface area contributed by atoms with Gasteiger partial charge in [0.15, 0.2) is 6.39 Å². The molecule has 0 saturated heterocycles. The van der Waals surface area contributed by atoms with Gasteiger partial charge in [-0.15, -0.1) is 0 Å². The lowest BCUT2D eigenvalue weighted by molar-refractivity contribution is 0.0996. The van der Waals surface area contributed by atoms with Gasteiger partial charge in [-0.25, -0.2) is 4.98 Å². The van der Waals surface area contributed by atoms with Crippen molar-refractivity contribution in [1.82, 2.24) is 4.98 Å². The molecule has 0 radical (unpaired) electrons. The Bertz CT molecular complexity index is 584. The fourth-order valence-corrected chi connectivity index (χ4v) is 2.28.